The Bertz CT molecular complexity index is 1140. The third-order valence-corrected chi connectivity index (χ3v) is 5.84. The Labute approximate surface area is 193 Å². The molecular formula is C25H28N4O4. The molecule has 1 aliphatic heterocycles. The Morgan fingerprint density at radius 3 is 2.45 bits per heavy atom. The molecule has 0 radical (unpaired) electrons. The van der Waals surface area contributed by atoms with Crippen molar-refractivity contribution >= 4 is 11.6 Å². The van der Waals surface area contributed by atoms with Crippen molar-refractivity contribution in [1.82, 2.24) is 20.4 Å². The van der Waals surface area contributed by atoms with Crippen LogP contribution in [0, 0.1) is 0 Å². The maximum atomic E-state index is 12.9. The summed E-state index contributed by atoms with van der Waals surface area (Å²) in [6, 6.07) is 15.0. The largest absolute Gasteiger partial charge is 0.497 e. The van der Waals surface area contributed by atoms with Crippen molar-refractivity contribution in [2.24, 2.45) is 0 Å². The average Bonchev–Trinajstić information content (AvgIpc) is 3.33. The van der Waals surface area contributed by atoms with Crippen molar-refractivity contribution in [3.05, 3.63) is 71.2 Å². The summed E-state index contributed by atoms with van der Waals surface area (Å²) in [5.41, 5.74) is 4.49. The number of ether oxygens (including phenoxy) is 2. The van der Waals surface area contributed by atoms with Gasteiger partial charge >= 0.3 is 6.03 Å². The van der Waals surface area contributed by atoms with Crippen LogP contribution in [0.2, 0.25) is 0 Å². The molecule has 1 N–H and O–H groups in total. The standard InChI is InChI=1S/C25H28N4O4/c1-5-17-6-8-19(9-7-17)23-27-24(33-28-23)21-16(2)29(14-15-31-3)25(30)26-22(21)18-10-12-20(32-4)13-11-18/h6-13,22H,5,14-15H2,1-4H3,(H,26,30). The lowest BCUT2D eigenvalue weighted by Gasteiger charge is -2.35. The summed E-state index contributed by atoms with van der Waals surface area (Å²) in [5.74, 6) is 1.60. The number of allylic oxidation sites excluding steroid dienone is 1. The van der Waals surface area contributed by atoms with Crippen LogP contribution >= 0.6 is 0 Å². The summed E-state index contributed by atoms with van der Waals surface area (Å²) < 4.78 is 16.2. The lowest BCUT2D eigenvalue weighted by Crippen LogP contribution is -2.47. The van der Waals surface area contributed by atoms with Gasteiger partial charge in [0.1, 0.15) is 5.75 Å². The summed E-state index contributed by atoms with van der Waals surface area (Å²) in [4.78, 5) is 19.2. The second-order valence-corrected chi connectivity index (χ2v) is 7.77. The quantitative estimate of drug-likeness (QED) is 0.548. The van der Waals surface area contributed by atoms with Crippen LogP contribution in [0.25, 0.3) is 17.0 Å². The van der Waals surface area contributed by atoms with Crippen LogP contribution in [0.5, 0.6) is 5.75 Å². The molecule has 0 fully saturated rings. The van der Waals surface area contributed by atoms with Crippen LogP contribution < -0.4 is 10.1 Å². The highest BCUT2D eigenvalue weighted by Crippen LogP contribution is 2.37. The number of urea groups is 1. The first-order valence-electron chi connectivity index (χ1n) is 10.9. The zero-order chi connectivity index (χ0) is 23.4. The van der Waals surface area contributed by atoms with Crippen LogP contribution in [0.1, 0.15) is 36.9 Å². The second-order valence-electron chi connectivity index (χ2n) is 7.77. The zero-order valence-electron chi connectivity index (χ0n) is 19.3. The summed E-state index contributed by atoms with van der Waals surface area (Å²) in [6.45, 7) is 4.82. The van der Waals surface area contributed by atoms with Crippen molar-refractivity contribution in [3.8, 4) is 17.1 Å². The molecule has 0 saturated heterocycles. The van der Waals surface area contributed by atoms with Crippen LogP contribution in [-0.4, -0.2) is 48.4 Å². The van der Waals surface area contributed by atoms with Gasteiger partial charge in [-0.1, -0.05) is 48.5 Å². The molecule has 1 aliphatic rings. The number of nitrogens with zero attached hydrogens (tertiary/aromatic N) is 3. The van der Waals surface area contributed by atoms with E-state index in [1.807, 2.05) is 43.3 Å². The minimum Gasteiger partial charge on any atom is -0.497 e. The van der Waals surface area contributed by atoms with Gasteiger partial charge in [-0.15, -0.1) is 0 Å². The summed E-state index contributed by atoms with van der Waals surface area (Å²) in [6.07, 6.45) is 0.963. The number of aromatic nitrogens is 2. The molecular weight excluding hydrogens is 420 g/mol. The van der Waals surface area contributed by atoms with Crippen molar-refractivity contribution in [2.75, 3.05) is 27.4 Å². The molecule has 2 aromatic carbocycles. The number of amides is 2. The Kier molecular flexibility index (Phi) is 6.74. The van der Waals surface area contributed by atoms with Gasteiger partial charge in [-0.05, 0) is 36.6 Å². The van der Waals surface area contributed by atoms with Gasteiger partial charge in [-0.25, -0.2) is 4.79 Å². The summed E-state index contributed by atoms with van der Waals surface area (Å²) in [5, 5.41) is 7.29. The first kappa shape index (κ1) is 22.5. The fourth-order valence-electron chi connectivity index (χ4n) is 3.90. The number of aryl methyl sites for hydroxylation is 1. The number of rotatable bonds is 8. The van der Waals surface area contributed by atoms with E-state index in [0.717, 1.165) is 34.6 Å². The molecule has 1 aromatic heterocycles. The first-order valence-corrected chi connectivity index (χ1v) is 10.9. The molecule has 4 rings (SSSR count). The highest BCUT2D eigenvalue weighted by molar-refractivity contribution is 5.86. The second kappa shape index (κ2) is 9.87. The molecule has 2 amide bonds. The van der Waals surface area contributed by atoms with E-state index in [2.05, 4.69) is 34.5 Å². The summed E-state index contributed by atoms with van der Waals surface area (Å²) in [7, 11) is 3.23. The van der Waals surface area contributed by atoms with Gasteiger partial charge in [0.15, 0.2) is 0 Å². The summed E-state index contributed by atoms with van der Waals surface area (Å²) >= 11 is 0. The predicted octanol–water partition coefficient (Wildman–Crippen LogP) is 4.45. The van der Waals surface area contributed by atoms with E-state index in [4.69, 9.17) is 14.0 Å². The van der Waals surface area contributed by atoms with Crippen LogP contribution in [0.3, 0.4) is 0 Å². The van der Waals surface area contributed by atoms with Crippen molar-refractivity contribution in [3.63, 3.8) is 0 Å². The van der Waals surface area contributed by atoms with Gasteiger partial charge < -0.3 is 19.3 Å². The van der Waals surface area contributed by atoms with Gasteiger partial charge in [-0.3, -0.25) is 4.90 Å². The van der Waals surface area contributed by atoms with Gasteiger partial charge in [0, 0.05) is 18.4 Å². The molecule has 172 valence electrons. The van der Waals surface area contributed by atoms with E-state index in [1.54, 1.807) is 19.1 Å². The molecule has 3 aromatic rings. The maximum Gasteiger partial charge on any atom is 0.322 e. The van der Waals surface area contributed by atoms with Gasteiger partial charge in [0.05, 0.1) is 31.9 Å². The fourth-order valence-corrected chi connectivity index (χ4v) is 3.90. The Morgan fingerprint density at radius 2 is 1.82 bits per heavy atom. The van der Waals surface area contributed by atoms with Crippen molar-refractivity contribution in [1.29, 1.82) is 0 Å². The molecule has 1 unspecified atom stereocenters. The lowest BCUT2D eigenvalue weighted by molar-refractivity contribution is 0.158. The van der Waals surface area contributed by atoms with E-state index >= 15 is 0 Å². The Morgan fingerprint density at radius 1 is 1.09 bits per heavy atom. The van der Waals surface area contributed by atoms with Crippen LogP contribution in [0.15, 0.2) is 58.8 Å². The highest BCUT2D eigenvalue weighted by atomic mass is 16.5. The third-order valence-electron chi connectivity index (χ3n) is 5.84. The smallest absolute Gasteiger partial charge is 0.322 e. The monoisotopic (exact) mass is 448 g/mol. The zero-order valence-corrected chi connectivity index (χ0v) is 19.3. The van der Waals surface area contributed by atoms with E-state index in [9.17, 15) is 4.79 Å². The number of hydrogen-bond donors (Lipinski definition) is 1. The molecule has 1 atom stereocenters. The lowest BCUT2D eigenvalue weighted by atomic mass is 9.94. The number of carbonyl (C=O) groups excluding carboxylic acids is 1. The average molecular weight is 449 g/mol. The molecule has 33 heavy (non-hydrogen) atoms. The minimum absolute atomic E-state index is 0.205. The van der Waals surface area contributed by atoms with Crippen molar-refractivity contribution < 1.29 is 18.8 Å². The van der Waals surface area contributed by atoms with Crippen LogP contribution in [0.4, 0.5) is 4.79 Å². The Hall–Kier alpha value is -3.65. The molecule has 0 bridgehead atoms. The fraction of sp³-hybridized carbons (Fsp3) is 0.320. The van der Waals surface area contributed by atoms with Crippen LogP contribution in [-0.2, 0) is 11.2 Å². The number of nitrogens with one attached hydrogen (secondary N) is 1. The van der Waals surface area contributed by atoms with E-state index < -0.39 is 6.04 Å². The van der Waals surface area contributed by atoms with Gasteiger partial charge in [-0.2, -0.15) is 4.98 Å². The van der Waals surface area contributed by atoms with E-state index in [1.165, 1.54) is 5.56 Å². The molecule has 0 saturated carbocycles. The third kappa shape index (κ3) is 4.61. The Balaban J connectivity index is 1.76. The minimum atomic E-state index is -0.446. The number of hydrogen-bond acceptors (Lipinski definition) is 6. The molecule has 0 spiro atoms. The van der Waals surface area contributed by atoms with Gasteiger partial charge in [0.2, 0.25) is 5.82 Å². The first-order chi connectivity index (χ1) is 16.0. The molecule has 2 heterocycles. The topological polar surface area (TPSA) is 89.7 Å². The normalized spacial score (nSPS) is 16.2. The maximum absolute atomic E-state index is 12.9. The van der Waals surface area contributed by atoms with E-state index in [0.29, 0.717) is 24.9 Å². The highest BCUT2D eigenvalue weighted by Gasteiger charge is 2.35. The SMILES string of the molecule is CCc1ccc(-c2noc(C3=C(C)N(CCOC)C(=O)NC3c3ccc(OC)cc3)n2)cc1. The predicted molar refractivity (Wildman–Crippen MR) is 125 cm³/mol. The number of carbonyl (C=O) groups is 1. The molecule has 8 heteroatoms. The number of methoxy groups -OCH3 is 2. The number of benzene rings is 2. The van der Waals surface area contributed by atoms with Gasteiger partial charge in [0.25, 0.3) is 5.89 Å². The van der Waals surface area contributed by atoms with E-state index in [-0.39, 0.29) is 6.03 Å². The molecule has 8 nitrogen and oxygen atoms in total. The van der Waals surface area contributed by atoms with Crippen molar-refractivity contribution in [2.45, 2.75) is 26.3 Å². The molecule has 0 aliphatic carbocycles.